The number of hydrogen-bond donors (Lipinski definition) is 2. The molecule has 0 saturated heterocycles. The summed E-state index contributed by atoms with van der Waals surface area (Å²) in [6.45, 7) is 2.49. The average molecular weight is 354 g/mol. The highest BCUT2D eigenvalue weighted by molar-refractivity contribution is 9.10. The fourth-order valence-corrected chi connectivity index (χ4v) is 2.46. The summed E-state index contributed by atoms with van der Waals surface area (Å²) in [4.78, 5) is 11.8. The van der Waals surface area contributed by atoms with Crippen molar-refractivity contribution in [2.75, 3.05) is 5.32 Å². The Bertz CT molecular complexity index is 631. The molecule has 0 bridgehead atoms. The van der Waals surface area contributed by atoms with Crippen molar-refractivity contribution < 1.29 is 4.79 Å². The summed E-state index contributed by atoms with van der Waals surface area (Å²) in [7, 11) is 0. The third-order valence-corrected chi connectivity index (χ3v) is 3.69. The summed E-state index contributed by atoms with van der Waals surface area (Å²) in [5, 5.41) is 6.03. The van der Waals surface area contributed by atoms with Crippen molar-refractivity contribution in [2.24, 2.45) is 0 Å². The molecule has 5 heteroatoms. The Morgan fingerprint density at radius 1 is 1.25 bits per heavy atom. The zero-order valence-electron chi connectivity index (χ0n) is 10.9. The SMILES string of the molecule is Cc1ccccc1CNC(=O)Nc1ccc(Br)cc1Cl. The third-order valence-electron chi connectivity index (χ3n) is 2.88. The molecule has 0 heterocycles. The molecule has 0 unspecified atom stereocenters. The lowest BCUT2D eigenvalue weighted by atomic mass is 10.1. The quantitative estimate of drug-likeness (QED) is 0.822. The van der Waals surface area contributed by atoms with Gasteiger partial charge in [-0.1, -0.05) is 51.8 Å². The van der Waals surface area contributed by atoms with Gasteiger partial charge in [0.15, 0.2) is 0 Å². The first kappa shape index (κ1) is 14.9. The van der Waals surface area contributed by atoms with Gasteiger partial charge in [0, 0.05) is 11.0 Å². The van der Waals surface area contributed by atoms with Crippen LogP contribution in [0, 0.1) is 6.92 Å². The smallest absolute Gasteiger partial charge is 0.319 e. The van der Waals surface area contributed by atoms with Crippen LogP contribution in [0.15, 0.2) is 46.9 Å². The molecule has 0 spiro atoms. The van der Waals surface area contributed by atoms with Gasteiger partial charge in [0.05, 0.1) is 10.7 Å². The maximum Gasteiger partial charge on any atom is 0.319 e. The Kier molecular flexibility index (Phi) is 5.04. The largest absolute Gasteiger partial charge is 0.334 e. The number of benzene rings is 2. The molecule has 2 aromatic rings. The number of rotatable bonds is 3. The minimum absolute atomic E-state index is 0.280. The van der Waals surface area contributed by atoms with E-state index in [4.69, 9.17) is 11.6 Å². The maximum absolute atomic E-state index is 11.8. The van der Waals surface area contributed by atoms with E-state index < -0.39 is 0 Å². The number of hydrogen-bond acceptors (Lipinski definition) is 1. The van der Waals surface area contributed by atoms with Gasteiger partial charge in [0.2, 0.25) is 0 Å². The van der Waals surface area contributed by atoms with Gasteiger partial charge in [0.1, 0.15) is 0 Å². The molecule has 0 radical (unpaired) electrons. The van der Waals surface area contributed by atoms with Crippen molar-refractivity contribution in [3.63, 3.8) is 0 Å². The first-order valence-corrected chi connectivity index (χ1v) is 7.28. The van der Waals surface area contributed by atoms with E-state index >= 15 is 0 Å². The van der Waals surface area contributed by atoms with E-state index in [0.29, 0.717) is 17.3 Å². The van der Waals surface area contributed by atoms with Crippen LogP contribution in [0.4, 0.5) is 10.5 Å². The fourth-order valence-electron chi connectivity index (χ4n) is 1.74. The highest BCUT2D eigenvalue weighted by Crippen LogP contribution is 2.25. The van der Waals surface area contributed by atoms with E-state index in [2.05, 4.69) is 26.6 Å². The molecule has 2 aromatic carbocycles. The Labute approximate surface area is 131 Å². The summed E-state index contributed by atoms with van der Waals surface area (Å²) in [6.07, 6.45) is 0. The number of aryl methyl sites for hydroxylation is 1. The van der Waals surface area contributed by atoms with Gasteiger partial charge in [0.25, 0.3) is 0 Å². The summed E-state index contributed by atoms with van der Waals surface area (Å²) >= 11 is 9.36. The normalized spacial score (nSPS) is 10.2. The molecule has 0 saturated carbocycles. The molecule has 20 heavy (non-hydrogen) atoms. The van der Waals surface area contributed by atoms with Crippen LogP contribution in [0.3, 0.4) is 0 Å². The van der Waals surface area contributed by atoms with Crippen molar-refractivity contribution in [2.45, 2.75) is 13.5 Å². The summed E-state index contributed by atoms with van der Waals surface area (Å²) in [6, 6.07) is 13.0. The molecule has 104 valence electrons. The van der Waals surface area contributed by atoms with Gasteiger partial charge < -0.3 is 10.6 Å². The standard InChI is InChI=1S/C15H14BrClN2O/c1-10-4-2-3-5-11(10)9-18-15(20)19-14-7-6-12(16)8-13(14)17/h2-8H,9H2,1H3,(H2,18,19,20). The Hall–Kier alpha value is -1.52. The molecule has 2 N–H and O–H groups in total. The van der Waals surface area contributed by atoms with Crippen molar-refractivity contribution in [1.29, 1.82) is 0 Å². The van der Waals surface area contributed by atoms with Gasteiger partial charge in [-0.2, -0.15) is 0 Å². The van der Waals surface area contributed by atoms with Gasteiger partial charge in [-0.05, 0) is 36.2 Å². The van der Waals surface area contributed by atoms with Crippen LogP contribution in [-0.4, -0.2) is 6.03 Å². The molecule has 2 amide bonds. The number of nitrogens with one attached hydrogen (secondary N) is 2. The third kappa shape index (κ3) is 3.99. The van der Waals surface area contributed by atoms with Crippen LogP contribution < -0.4 is 10.6 Å². The van der Waals surface area contributed by atoms with Crippen LogP contribution in [0.5, 0.6) is 0 Å². The number of anilines is 1. The molecular weight excluding hydrogens is 340 g/mol. The van der Waals surface area contributed by atoms with E-state index in [1.165, 1.54) is 0 Å². The molecule has 0 aliphatic rings. The van der Waals surface area contributed by atoms with E-state index in [1.807, 2.05) is 37.3 Å². The number of carbonyl (C=O) groups excluding carboxylic acids is 1. The maximum atomic E-state index is 11.8. The van der Waals surface area contributed by atoms with Gasteiger partial charge >= 0.3 is 6.03 Å². The monoisotopic (exact) mass is 352 g/mol. The van der Waals surface area contributed by atoms with Gasteiger partial charge in [-0.15, -0.1) is 0 Å². The molecule has 0 fully saturated rings. The molecular formula is C15H14BrClN2O. The minimum Gasteiger partial charge on any atom is -0.334 e. The van der Waals surface area contributed by atoms with Crippen LogP contribution in [-0.2, 0) is 6.54 Å². The number of amides is 2. The molecule has 0 aliphatic heterocycles. The number of carbonyl (C=O) groups is 1. The topological polar surface area (TPSA) is 41.1 Å². The van der Waals surface area contributed by atoms with E-state index in [-0.39, 0.29) is 6.03 Å². The predicted molar refractivity (Wildman–Crippen MR) is 86.2 cm³/mol. The average Bonchev–Trinajstić information content (AvgIpc) is 2.41. The first-order chi connectivity index (χ1) is 9.56. The van der Waals surface area contributed by atoms with Crippen LogP contribution in [0.25, 0.3) is 0 Å². The van der Waals surface area contributed by atoms with E-state index in [0.717, 1.165) is 15.6 Å². The van der Waals surface area contributed by atoms with Crippen LogP contribution in [0.1, 0.15) is 11.1 Å². The van der Waals surface area contributed by atoms with E-state index in [9.17, 15) is 4.79 Å². The summed E-state index contributed by atoms with van der Waals surface area (Å²) in [5.74, 6) is 0. The van der Waals surface area contributed by atoms with E-state index in [1.54, 1.807) is 12.1 Å². The molecule has 2 rings (SSSR count). The molecule has 0 aromatic heterocycles. The second-order valence-corrected chi connectivity index (χ2v) is 5.68. The van der Waals surface area contributed by atoms with Crippen LogP contribution >= 0.6 is 27.5 Å². The summed E-state index contributed by atoms with van der Waals surface area (Å²) < 4.78 is 0.869. The van der Waals surface area contributed by atoms with Crippen molar-refractivity contribution in [3.05, 3.63) is 63.1 Å². The Balaban J connectivity index is 1.94. The molecule has 0 aliphatic carbocycles. The molecule has 0 atom stereocenters. The zero-order chi connectivity index (χ0) is 14.5. The fraction of sp³-hybridized carbons (Fsp3) is 0.133. The second-order valence-electron chi connectivity index (χ2n) is 4.36. The molecule has 3 nitrogen and oxygen atoms in total. The minimum atomic E-state index is -0.280. The van der Waals surface area contributed by atoms with Crippen molar-refractivity contribution in [3.8, 4) is 0 Å². The lowest BCUT2D eigenvalue weighted by molar-refractivity contribution is 0.251. The predicted octanol–water partition coefficient (Wildman–Crippen LogP) is 4.73. The number of halogens is 2. The summed E-state index contributed by atoms with van der Waals surface area (Å²) in [5.41, 5.74) is 2.82. The van der Waals surface area contributed by atoms with Crippen LogP contribution in [0.2, 0.25) is 5.02 Å². The highest BCUT2D eigenvalue weighted by atomic mass is 79.9. The van der Waals surface area contributed by atoms with Crippen molar-refractivity contribution >= 4 is 39.2 Å². The number of urea groups is 1. The lowest BCUT2D eigenvalue weighted by Crippen LogP contribution is -2.28. The van der Waals surface area contributed by atoms with Gasteiger partial charge in [-0.3, -0.25) is 0 Å². The zero-order valence-corrected chi connectivity index (χ0v) is 13.3. The lowest BCUT2D eigenvalue weighted by Gasteiger charge is -2.10. The van der Waals surface area contributed by atoms with Crippen molar-refractivity contribution in [1.82, 2.24) is 5.32 Å². The Morgan fingerprint density at radius 2 is 2.00 bits per heavy atom. The second kappa shape index (κ2) is 6.77. The Morgan fingerprint density at radius 3 is 2.70 bits per heavy atom. The first-order valence-electron chi connectivity index (χ1n) is 6.10. The highest BCUT2D eigenvalue weighted by Gasteiger charge is 2.06. The van der Waals surface area contributed by atoms with Gasteiger partial charge in [-0.25, -0.2) is 4.79 Å².